The molecule has 0 atom stereocenters. The van der Waals surface area contributed by atoms with Gasteiger partial charge in [0.15, 0.2) is 5.82 Å². The van der Waals surface area contributed by atoms with Gasteiger partial charge < -0.3 is 20.4 Å². The largest absolute Gasteiger partial charge is 0.431 e. The molecule has 0 unspecified atom stereocenters. The maximum atomic E-state index is 15.3. The van der Waals surface area contributed by atoms with Crippen LogP contribution in [0.5, 0.6) is 0 Å². The molecule has 10 nitrogen and oxygen atoms in total. The molecule has 2 N–H and O–H groups in total. The standard InChI is InChI=1S/C29H34F4N8O2/c1-5-22(42)38-10-12-39(13-11-38)26-19-14-21(29(31,32)33)41(25-17(4)8-9-20(34)23(25)30)27(43)24(19)35-28(36-26)40-15-18(16-40)37(6-2)7-3/h5,8-9,14,18H,1,6-7,10-13,15-16,34H2,2-4H3. The van der Waals surface area contributed by atoms with Crippen molar-refractivity contribution in [2.75, 3.05) is 67.9 Å². The van der Waals surface area contributed by atoms with Crippen molar-refractivity contribution in [3.8, 4) is 5.69 Å². The van der Waals surface area contributed by atoms with Crippen molar-refractivity contribution >= 4 is 34.3 Å². The lowest BCUT2D eigenvalue weighted by Gasteiger charge is -2.45. The first-order valence-electron chi connectivity index (χ1n) is 14.1. The predicted octanol–water partition coefficient (Wildman–Crippen LogP) is 3.19. The number of rotatable bonds is 7. The van der Waals surface area contributed by atoms with Crippen LogP contribution in [0.2, 0.25) is 0 Å². The molecule has 5 rings (SSSR count). The minimum Gasteiger partial charge on any atom is -0.396 e. The Kier molecular flexibility index (Phi) is 8.07. The first-order valence-corrected chi connectivity index (χ1v) is 14.1. The van der Waals surface area contributed by atoms with Gasteiger partial charge in [0.1, 0.15) is 17.0 Å². The van der Waals surface area contributed by atoms with Crippen LogP contribution in [0.15, 0.2) is 35.6 Å². The molecular formula is C29H34F4N8O2. The third kappa shape index (κ3) is 5.39. The number of nitrogens with two attached hydrogens (primary N) is 1. The quantitative estimate of drug-likeness (QED) is 0.250. The van der Waals surface area contributed by atoms with E-state index in [-0.39, 0.29) is 72.0 Å². The highest BCUT2D eigenvalue weighted by molar-refractivity contribution is 5.91. The lowest BCUT2D eigenvalue weighted by Crippen LogP contribution is -2.60. The molecule has 0 spiro atoms. The topological polar surface area (TPSA) is 104 Å². The number of hydrogen-bond donors (Lipinski definition) is 1. The summed E-state index contributed by atoms with van der Waals surface area (Å²) in [7, 11) is 0. The van der Waals surface area contributed by atoms with Crippen molar-refractivity contribution in [3.05, 3.63) is 58.3 Å². The van der Waals surface area contributed by atoms with Crippen LogP contribution in [-0.2, 0) is 11.0 Å². The number of nitrogen functional groups attached to an aromatic ring is 1. The Balaban J connectivity index is 1.72. The first kappa shape index (κ1) is 30.3. The number of nitrogens with zero attached hydrogens (tertiary/aromatic N) is 7. The second-order valence-corrected chi connectivity index (χ2v) is 10.7. The van der Waals surface area contributed by atoms with Gasteiger partial charge in [0.25, 0.3) is 5.56 Å². The Bertz CT molecular complexity index is 1620. The van der Waals surface area contributed by atoms with Crippen molar-refractivity contribution in [1.82, 2.24) is 24.3 Å². The number of aryl methyl sites for hydroxylation is 1. The molecule has 1 aromatic carbocycles. The average molecular weight is 603 g/mol. The lowest BCUT2D eigenvalue weighted by atomic mass is 10.1. The van der Waals surface area contributed by atoms with Gasteiger partial charge in [-0.15, -0.1) is 0 Å². The van der Waals surface area contributed by atoms with E-state index in [2.05, 4.69) is 35.3 Å². The Hall–Kier alpha value is -4.20. The summed E-state index contributed by atoms with van der Waals surface area (Å²) in [4.78, 5) is 42.8. The number of carbonyl (C=O) groups excluding carboxylic acids is 1. The minimum atomic E-state index is -5.03. The van der Waals surface area contributed by atoms with Crippen LogP contribution in [0.3, 0.4) is 0 Å². The van der Waals surface area contributed by atoms with Crippen LogP contribution in [0.25, 0.3) is 16.6 Å². The minimum absolute atomic E-state index is 0.0981. The predicted molar refractivity (Wildman–Crippen MR) is 157 cm³/mol. The highest BCUT2D eigenvalue weighted by Gasteiger charge is 2.39. The zero-order valence-corrected chi connectivity index (χ0v) is 24.3. The number of pyridine rings is 1. The molecule has 43 heavy (non-hydrogen) atoms. The van der Waals surface area contributed by atoms with Crippen molar-refractivity contribution in [2.24, 2.45) is 0 Å². The van der Waals surface area contributed by atoms with Crippen LogP contribution in [0.1, 0.15) is 25.1 Å². The van der Waals surface area contributed by atoms with Gasteiger partial charge in [-0.2, -0.15) is 18.2 Å². The van der Waals surface area contributed by atoms with Crippen LogP contribution in [0, 0.1) is 12.7 Å². The Labute approximate surface area is 246 Å². The van der Waals surface area contributed by atoms with E-state index in [9.17, 15) is 22.8 Å². The molecule has 2 saturated heterocycles. The zero-order valence-electron chi connectivity index (χ0n) is 24.3. The number of alkyl halides is 3. The summed E-state index contributed by atoms with van der Waals surface area (Å²) in [5.74, 6) is -1.04. The highest BCUT2D eigenvalue weighted by Crippen LogP contribution is 2.37. The van der Waals surface area contributed by atoms with Crippen LogP contribution in [-0.4, -0.2) is 88.6 Å². The van der Waals surface area contributed by atoms with Gasteiger partial charge in [0.05, 0.1) is 16.8 Å². The second kappa shape index (κ2) is 11.5. The summed E-state index contributed by atoms with van der Waals surface area (Å²) in [6.45, 7) is 13.0. The summed E-state index contributed by atoms with van der Waals surface area (Å²) >= 11 is 0. The Morgan fingerprint density at radius 2 is 1.77 bits per heavy atom. The maximum absolute atomic E-state index is 15.3. The van der Waals surface area contributed by atoms with Gasteiger partial charge in [-0.3, -0.25) is 19.1 Å². The summed E-state index contributed by atoms with van der Waals surface area (Å²) in [5.41, 5.74) is 2.06. The molecule has 0 radical (unpaired) electrons. The monoisotopic (exact) mass is 602 g/mol. The smallest absolute Gasteiger partial charge is 0.396 e. The fourth-order valence-corrected chi connectivity index (χ4v) is 5.78. The number of aromatic nitrogens is 3. The molecule has 14 heteroatoms. The molecular weight excluding hydrogens is 568 g/mol. The van der Waals surface area contributed by atoms with Gasteiger partial charge in [0, 0.05) is 45.3 Å². The molecule has 2 aliphatic rings. The zero-order chi connectivity index (χ0) is 31.2. The molecule has 0 bridgehead atoms. The number of benzene rings is 1. The van der Waals surface area contributed by atoms with Crippen molar-refractivity contribution in [2.45, 2.75) is 33.0 Å². The molecule has 2 fully saturated rings. The van der Waals surface area contributed by atoms with Crippen LogP contribution >= 0.6 is 0 Å². The normalized spacial score (nSPS) is 16.2. The summed E-state index contributed by atoms with van der Waals surface area (Å²) in [6, 6.07) is 3.63. The van der Waals surface area contributed by atoms with Gasteiger partial charge in [-0.1, -0.05) is 26.5 Å². The van der Waals surface area contributed by atoms with Crippen molar-refractivity contribution in [3.63, 3.8) is 0 Å². The molecule has 230 valence electrons. The number of carbonyl (C=O) groups is 1. The van der Waals surface area contributed by atoms with Crippen LogP contribution in [0.4, 0.5) is 35.0 Å². The number of anilines is 3. The van der Waals surface area contributed by atoms with E-state index in [1.165, 1.54) is 25.1 Å². The Morgan fingerprint density at radius 3 is 2.35 bits per heavy atom. The summed E-state index contributed by atoms with van der Waals surface area (Å²) < 4.78 is 59.4. The van der Waals surface area contributed by atoms with Crippen molar-refractivity contribution in [1.29, 1.82) is 0 Å². The number of fused-ring (bicyclic) bond motifs is 1. The van der Waals surface area contributed by atoms with Gasteiger partial charge >= 0.3 is 6.18 Å². The molecule has 2 aromatic heterocycles. The molecule has 4 heterocycles. The van der Waals surface area contributed by atoms with E-state index in [1.54, 1.807) is 9.80 Å². The third-order valence-corrected chi connectivity index (χ3v) is 8.24. The SMILES string of the molecule is C=CC(=O)N1CCN(c2nc(N3CC(N(CC)CC)C3)nc3c(=O)n(-c4c(C)ccc(N)c4F)c(C(F)(F)F)cc23)CC1. The number of halogens is 4. The molecule has 3 aromatic rings. The van der Waals surface area contributed by atoms with E-state index in [1.807, 2.05) is 4.90 Å². The van der Waals surface area contributed by atoms with E-state index in [0.29, 0.717) is 17.7 Å². The number of likely N-dealkylation sites (N-methyl/N-ethyl adjacent to an activating group) is 1. The molecule has 2 aliphatic heterocycles. The van der Waals surface area contributed by atoms with Gasteiger partial charge in [0.2, 0.25) is 11.9 Å². The maximum Gasteiger partial charge on any atom is 0.431 e. The Morgan fingerprint density at radius 1 is 1.12 bits per heavy atom. The van der Waals surface area contributed by atoms with Gasteiger partial charge in [-0.25, -0.2) is 9.37 Å². The lowest BCUT2D eigenvalue weighted by molar-refractivity contribution is -0.142. The van der Waals surface area contributed by atoms with E-state index in [0.717, 1.165) is 19.2 Å². The van der Waals surface area contributed by atoms with E-state index in [4.69, 9.17) is 5.73 Å². The molecule has 1 amide bonds. The number of piperazine rings is 1. The van der Waals surface area contributed by atoms with E-state index >= 15 is 4.39 Å². The molecule has 0 aliphatic carbocycles. The van der Waals surface area contributed by atoms with E-state index < -0.39 is 28.9 Å². The fraction of sp³-hybridized carbons (Fsp3) is 0.448. The first-order chi connectivity index (χ1) is 20.4. The molecule has 0 saturated carbocycles. The summed E-state index contributed by atoms with van der Waals surface area (Å²) in [6.07, 6.45) is -3.82. The van der Waals surface area contributed by atoms with Gasteiger partial charge in [-0.05, 0) is 43.8 Å². The summed E-state index contributed by atoms with van der Waals surface area (Å²) in [5, 5.41) is -0.108. The third-order valence-electron chi connectivity index (χ3n) is 8.24. The number of hydrogen-bond acceptors (Lipinski definition) is 8. The van der Waals surface area contributed by atoms with Crippen LogP contribution < -0.4 is 21.1 Å². The number of amides is 1. The van der Waals surface area contributed by atoms with Crippen molar-refractivity contribution < 1.29 is 22.4 Å². The second-order valence-electron chi connectivity index (χ2n) is 10.7. The average Bonchev–Trinajstić information content (AvgIpc) is 2.96. The highest BCUT2D eigenvalue weighted by atomic mass is 19.4. The fourth-order valence-electron chi connectivity index (χ4n) is 5.78.